The van der Waals surface area contributed by atoms with Crippen LogP contribution in [0.1, 0.15) is 47.5 Å². The second kappa shape index (κ2) is 3.13. The molecule has 0 spiro atoms. The number of ether oxygens (including phenoxy) is 1. The van der Waals surface area contributed by atoms with Crippen molar-refractivity contribution < 1.29 is 4.74 Å². The highest BCUT2D eigenvalue weighted by atomic mass is 16.5. The van der Waals surface area contributed by atoms with E-state index in [-0.39, 0.29) is 11.2 Å². The third kappa shape index (κ3) is 2.84. The van der Waals surface area contributed by atoms with Gasteiger partial charge in [0.15, 0.2) is 0 Å². The fourth-order valence-corrected chi connectivity index (χ4v) is 2.44. The van der Waals surface area contributed by atoms with Gasteiger partial charge in [-0.2, -0.15) is 0 Å². The van der Waals surface area contributed by atoms with Crippen LogP contribution in [0.2, 0.25) is 0 Å². The summed E-state index contributed by atoms with van der Waals surface area (Å²) in [6, 6.07) is 0. The molecule has 1 aliphatic rings. The minimum absolute atomic E-state index is 0.00532. The van der Waals surface area contributed by atoms with E-state index in [4.69, 9.17) is 4.74 Å². The minimum atomic E-state index is 0.00532. The highest BCUT2D eigenvalue weighted by Crippen LogP contribution is 2.40. The van der Waals surface area contributed by atoms with Gasteiger partial charge in [0.2, 0.25) is 0 Å². The molecule has 0 amide bonds. The first-order chi connectivity index (χ1) is 5.72. The van der Waals surface area contributed by atoms with Crippen molar-refractivity contribution in [3.8, 4) is 0 Å². The standard InChI is InChI=1S/C12H22O/c1-9(2)10-7-11(3,4)13-12(5,6)8-10/h10H,1,7-8H2,2-6H3. The maximum atomic E-state index is 6.00. The molecule has 1 heteroatoms. The van der Waals surface area contributed by atoms with Gasteiger partial charge in [0.05, 0.1) is 11.2 Å². The lowest BCUT2D eigenvalue weighted by molar-refractivity contribution is -0.167. The lowest BCUT2D eigenvalue weighted by atomic mass is 9.78. The fraction of sp³-hybridized carbons (Fsp3) is 0.833. The molecule has 1 aliphatic heterocycles. The fourth-order valence-electron chi connectivity index (χ4n) is 2.44. The van der Waals surface area contributed by atoms with Crippen LogP contribution in [0, 0.1) is 5.92 Å². The van der Waals surface area contributed by atoms with Gasteiger partial charge in [-0.05, 0) is 53.4 Å². The molecular weight excluding hydrogens is 160 g/mol. The topological polar surface area (TPSA) is 9.23 Å². The third-order valence-electron chi connectivity index (χ3n) is 2.73. The molecule has 0 saturated carbocycles. The van der Waals surface area contributed by atoms with Crippen LogP contribution in [0.25, 0.3) is 0 Å². The number of rotatable bonds is 1. The predicted octanol–water partition coefficient (Wildman–Crippen LogP) is 3.55. The maximum absolute atomic E-state index is 6.00. The van der Waals surface area contributed by atoms with Crippen molar-refractivity contribution in [3.63, 3.8) is 0 Å². The third-order valence-corrected chi connectivity index (χ3v) is 2.73. The second-order valence-corrected chi connectivity index (χ2v) is 5.57. The monoisotopic (exact) mass is 182 g/mol. The van der Waals surface area contributed by atoms with E-state index in [1.165, 1.54) is 5.57 Å². The summed E-state index contributed by atoms with van der Waals surface area (Å²) >= 11 is 0. The molecule has 0 N–H and O–H groups in total. The Balaban J connectivity index is 2.78. The smallest absolute Gasteiger partial charge is 0.0639 e. The van der Waals surface area contributed by atoms with Crippen LogP contribution >= 0.6 is 0 Å². The minimum Gasteiger partial charge on any atom is -0.370 e. The van der Waals surface area contributed by atoms with Crippen LogP contribution in [0.3, 0.4) is 0 Å². The van der Waals surface area contributed by atoms with Crippen LogP contribution in [0.15, 0.2) is 12.2 Å². The summed E-state index contributed by atoms with van der Waals surface area (Å²) in [5.74, 6) is 0.624. The van der Waals surface area contributed by atoms with Crippen molar-refractivity contribution >= 4 is 0 Å². The largest absolute Gasteiger partial charge is 0.370 e. The van der Waals surface area contributed by atoms with Gasteiger partial charge in [0, 0.05) is 0 Å². The molecule has 0 bridgehead atoms. The van der Waals surface area contributed by atoms with Gasteiger partial charge >= 0.3 is 0 Å². The van der Waals surface area contributed by atoms with E-state index in [0.29, 0.717) is 5.92 Å². The molecular formula is C12H22O. The van der Waals surface area contributed by atoms with Crippen LogP contribution in [0.4, 0.5) is 0 Å². The number of hydrogen-bond donors (Lipinski definition) is 0. The SMILES string of the molecule is C=C(C)C1CC(C)(C)OC(C)(C)C1. The summed E-state index contributed by atoms with van der Waals surface area (Å²) in [6.45, 7) is 14.9. The molecule has 0 unspecified atom stereocenters. The summed E-state index contributed by atoms with van der Waals surface area (Å²) in [5, 5.41) is 0. The molecule has 0 atom stereocenters. The van der Waals surface area contributed by atoms with Crippen molar-refractivity contribution in [2.24, 2.45) is 5.92 Å². The summed E-state index contributed by atoms with van der Waals surface area (Å²) in [4.78, 5) is 0. The molecule has 1 saturated heterocycles. The Morgan fingerprint density at radius 2 is 1.54 bits per heavy atom. The first kappa shape index (κ1) is 10.8. The molecule has 0 radical (unpaired) electrons. The quantitative estimate of drug-likeness (QED) is 0.563. The Kier molecular flexibility index (Phi) is 2.59. The normalized spacial score (nSPS) is 27.2. The van der Waals surface area contributed by atoms with E-state index >= 15 is 0 Å². The highest BCUT2D eigenvalue weighted by Gasteiger charge is 2.39. The van der Waals surface area contributed by atoms with Gasteiger partial charge < -0.3 is 4.74 Å². The molecule has 0 aromatic carbocycles. The van der Waals surface area contributed by atoms with Crippen molar-refractivity contribution in [1.29, 1.82) is 0 Å². The zero-order chi connectivity index (χ0) is 10.3. The molecule has 1 heterocycles. The lowest BCUT2D eigenvalue weighted by Crippen LogP contribution is -2.45. The van der Waals surface area contributed by atoms with Crippen molar-refractivity contribution in [2.75, 3.05) is 0 Å². The Labute approximate surface area is 82.2 Å². The van der Waals surface area contributed by atoms with E-state index in [2.05, 4.69) is 41.2 Å². The average Bonchev–Trinajstić information content (AvgIpc) is 1.79. The second-order valence-electron chi connectivity index (χ2n) is 5.57. The summed E-state index contributed by atoms with van der Waals surface area (Å²) in [5.41, 5.74) is 1.31. The van der Waals surface area contributed by atoms with Crippen molar-refractivity contribution in [1.82, 2.24) is 0 Å². The van der Waals surface area contributed by atoms with E-state index in [1.54, 1.807) is 0 Å². The Morgan fingerprint density at radius 1 is 1.15 bits per heavy atom. The molecule has 0 aromatic rings. The Morgan fingerprint density at radius 3 is 1.85 bits per heavy atom. The van der Waals surface area contributed by atoms with Gasteiger partial charge in [-0.3, -0.25) is 0 Å². The van der Waals surface area contributed by atoms with Crippen LogP contribution < -0.4 is 0 Å². The molecule has 13 heavy (non-hydrogen) atoms. The van der Waals surface area contributed by atoms with Gasteiger partial charge in [-0.15, -0.1) is 0 Å². The average molecular weight is 182 g/mol. The van der Waals surface area contributed by atoms with Crippen molar-refractivity contribution in [3.05, 3.63) is 12.2 Å². The summed E-state index contributed by atoms with van der Waals surface area (Å²) in [7, 11) is 0. The summed E-state index contributed by atoms with van der Waals surface area (Å²) in [6.07, 6.45) is 2.21. The molecule has 1 fully saturated rings. The van der Waals surface area contributed by atoms with Crippen LogP contribution in [0.5, 0.6) is 0 Å². The van der Waals surface area contributed by atoms with Gasteiger partial charge in [0.1, 0.15) is 0 Å². The van der Waals surface area contributed by atoms with Crippen molar-refractivity contribution in [2.45, 2.75) is 58.7 Å². The first-order valence-corrected chi connectivity index (χ1v) is 5.07. The molecule has 0 aromatic heterocycles. The Hall–Kier alpha value is -0.300. The van der Waals surface area contributed by atoms with Gasteiger partial charge in [-0.25, -0.2) is 0 Å². The highest BCUT2D eigenvalue weighted by molar-refractivity contribution is 5.03. The number of allylic oxidation sites excluding steroid dienone is 1. The van der Waals surface area contributed by atoms with E-state index in [0.717, 1.165) is 12.8 Å². The van der Waals surface area contributed by atoms with E-state index in [1.807, 2.05) is 0 Å². The van der Waals surface area contributed by atoms with Crippen LogP contribution in [-0.4, -0.2) is 11.2 Å². The van der Waals surface area contributed by atoms with Crippen LogP contribution in [-0.2, 0) is 4.74 Å². The molecule has 76 valence electrons. The lowest BCUT2D eigenvalue weighted by Gasteiger charge is -2.45. The zero-order valence-electron chi connectivity index (χ0n) is 9.61. The zero-order valence-corrected chi connectivity index (χ0v) is 9.61. The summed E-state index contributed by atoms with van der Waals surface area (Å²) < 4.78 is 6.00. The first-order valence-electron chi connectivity index (χ1n) is 5.07. The van der Waals surface area contributed by atoms with Gasteiger partial charge in [0.25, 0.3) is 0 Å². The molecule has 0 aliphatic carbocycles. The molecule has 1 nitrogen and oxygen atoms in total. The number of hydrogen-bond acceptors (Lipinski definition) is 1. The van der Waals surface area contributed by atoms with E-state index < -0.39 is 0 Å². The molecule has 1 rings (SSSR count). The van der Waals surface area contributed by atoms with Gasteiger partial charge in [-0.1, -0.05) is 12.2 Å². The van der Waals surface area contributed by atoms with E-state index in [9.17, 15) is 0 Å². The maximum Gasteiger partial charge on any atom is 0.0639 e. The predicted molar refractivity (Wildman–Crippen MR) is 56.8 cm³/mol. The Bertz CT molecular complexity index is 197.